The molecule has 0 aromatic heterocycles. The van der Waals surface area contributed by atoms with E-state index in [0.29, 0.717) is 25.9 Å². The molecule has 0 bridgehead atoms. The van der Waals surface area contributed by atoms with Gasteiger partial charge in [-0.2, -0.15) is 0 Å². The van der Waals surface area contributed by atoms with Crippen LogP contribution in [0, 0.1) is 11.8 Å². The zero-order valence-electron chi connectivity index (χ0n) is 14.2. The van der Waals surface area contributed by atoms with Crippen molar-refractivity contribution in [1.29, 1.82) is 0 Å². The van der Waals surface area contributed by atoms with E-state index in [9.17, 15) is 13.2 Å². The molecular weight excluding hydrogens is 302 g/mol. The quantitative estimate of drug-likeness (QED) is 0.725. The maximum atomic E-state index is 12.2. The van der Waals surface area contributed by atoms with Crippen molar-refractivity contribution in [2.24, 2.45) is 17.6 Å². The van der Waals surface area contributed by atoms with E-state index in [1.54, 1.807) is 4.31 Å². The molecule has 0 spiro atoms. The number of hydrogen-bond acceptors (Lipinski definition) is 4. The van der Waals surface area contributed by atoms with Crippen molar-refractivity contribution in [3.63, 3.8) is 0 Å². The molecule has 1 aliphatic rings. The van der Waals surface area contributed by atoms with Crippen LogP contribution < -0.4 is 11.1 Å². The summed E-state index contributed by atoms with van der Waals surface area (Å²) in [6.07, 6.45) is 2.16. The highest BCUT2D eigenvalue weighted by Gasteiger charge is 2.30. The molecule has 7 heteroatoms. The average molecular weight is 333 g/mol. The molecule has 1 saturated heterocycles. The number of nitrogens with zero attached hydrogens (tertiary/aromatic N) is 1. The number of piperidine rings is 1. The van der Waals surface area contributed by atoms with Gasteiger partial charge in [0.05, 0.1) is 11.8 Å². The van der Waals surface area contributed by atoms with E-state index in [-0.39, 0.29) is 29.5 Å². The summed E-state index contributed by atoms with van der Waals surface area (Å²) in [5, 5.41) is 2.96. The summed E-state index contributed by atoms with van der Waals surface area (Å²) >= 11 is 0. The van der Waals surface area contributed by atoms with Crippen LogP contribution in [0.15, 0.2) is 0 Å². The number of carbonyl (C=O) groups excluding carboxylic acids is 1. The van der Waals surface area contributed by atoms with Crippen molar-refractivity contribution >= 4 is 15.9 Å². The zero-order chi connectivity index (χ0) is 16.9. The van der Waals surface area contributed by atoms with E-state index >= 15 is 0 Å². The predicted octanol–water partition coefficient (Wildman–Crippen LogP) is 0.926. The van der Waals surface area contributed by atoms with Gasteiger partial charge in [0, 0.05) is 19.1 Å². The normalized spacial score (nSPS) is 20.8. The molecule has 2 unspecified atom stereocenters. The van der Waals surface area contributed by atoms with E-state index in [0.717, 1.165) is 6.42 Å². The van der Waals surface area contributed by atoms with Crippen LogP contribution in [0.2, 0.25) is 0 Å². The lowest BCUT2D eigenvalue weighted by atomic mass is 9.98. The average Bonchev–Trinajstić information content (AvgIpc) is 2.44. The fourth-order valence-corrected chi connectivity index (χ4v) is 4.44. The Hall–Kier alpha value is -0.660. The summed E-state index contributed by atoms with van der Waals surface area (Å²) in [6.45, 7) is 8.72. The van der Waals surface area contributed by atoms with E-state index in [4.69, 9.17) is 5.73 Å². The zero-order valence-corrected chi connectivity index (χ0v) is 15.0. The van der Waals surface area contributed by atoms with Gasteiger partial charge in [-0.15, -0.1) is 0 Å². The first-order chi connectivity index (χ1) is 10.2. The summed E-state index contributed by atoms with van der Waals surface area (Å²) < 4.78 is 25.9. The fourth-order valence-electron chi connectivity index (χ4n) is 2.61. The van der Waals surface area contributed by atoms with Crippen LogP contribution in [0.1, 0.15) is 47.0 Å². The maximum absolute atomic E-state index is 12.2. The molecule has 0 radical (unpaired) electrons. The van der Waals surface area contributed by atoms with Gasteiger partial charge in [0.15, 0.2) is 0 Å². The number of nitrogens with one attached hydrogen (secondary N) is 1. The predicted molar refractivity (Wildman–Crippen MR) is 88.8 cm³/mol. The first-order valence-electron chi connectivity index (χ1n) is 8.21. The van der Waals surface area contributed by atoms with Crippen LogP contribution in [0.5, 0.6) is 0 Å². The first kappa shape index (κ1) is 19.4. The standard InChI is InChI=1S/C15H31N3O3S/c1-5-12(4)14(16)15(19)17-13-6-8-18(9-7-13)22(20,21)10-11(2)3/h11-14H,5-10,16H2,1-4H3,(H,17,19). The van der Waals surface area contributed by atoms with E-state index in [2.05, 4.69) is 5.32 Å². The highest BCUT2D eigenvalue weighted by molar-refractivity contribution is 7.89. The topological polar surface area (TPSA) is 92.5 Å². The van der Waals surface area contributed by atoms with Crippen molar-refractivity contribution in [1.82, 2.24) is 9.62 Å². The summed E-state index contributed by atoms with van der Waals surface area (Å²) in [5.41, 5.74) is 5.92. The largest absolute Gasteiger partial charge is 0.352 e. The van der Waals surface area contributed by atoms with Crippen molar-refractivity contribution in [3.8, 4) is 0 Å². The van der Waals surface area contributed by atoms with Crippen molar-refractivity contribution < 1.29 is 13.2 Å². The first-order valence-corrected chi connectivity index (χ1v) is 9.82. The monoisotopic (exact) mass is 333 g/mol. The Kier molecular flexibility index (Phi) is 7.28. The van der Waals surface area contributed by atoms with Gasteiger partial charge in [0.2, 0.25) is 15.9 Å². The Morgan fingerprint density at radius 2 is 1.82 bits per heavy atom. The minimum atomic E-state index is -3.17. The van der Waals surface area contributed by atoms with Crippen LogP contribution in [-0.4, -0.2) is 49.6 Å². The summed E-state index contributed by atoms with van der Waals surface area (Å²) in [5.74, 6) is 0.323. The molecule has 2 atom stereocenters. The Morgan fingerprint density at radius 1 is 1.27 bits per heavy atom. The lowest BCUT2D eigenvalue weighted by Crippen LogP contribution is -2.52. The number of rotatable bonds is 7. The summed E-state index contributed by atoms with van der Waals surface area (Å²) in [7, 11) is -3.17. The van der Waals surface area contributed by atoms with Crippen LogP contribution in [0.3, 0.4) is 0 Å². The number of nitrogens with two attached hydrogens (primary N) is 1. The molecular formula is C15H31N3O3S. The van der Waals surface area contributed by atoms with Gasteiger partial charge in [-0.1, -0.05) is 34.1 Å². The maximum Gasteiger partial charge on any atom is 0.237 e. The lowest BCUT2D eigenvalue weighted by molar-refractivity contribution is -0.124. The number of carbonyl (C=O) groups is 1. The van der Waals surface area contributed by atoms with Crippen molar-refractivity contribution in [3.05, 3.63) is 0 Å². The van der Waals surface area contributed by atoms with Gasteiger partial charge in [0.1, 0.15) is 0 Å². The Balaban J connectivity index is 2.47. The lowest BCUT2D eigenvalue weighted by Gasteiger charge is -2.33. The van der Waals surface area contributed by atoms with Crippen LogP contribution in [-0.2, 0) is 14.8 Å². The van der Waals surface area contributed by atoms with Crippen LogP contribution in [0.25, 0.3) is 0 Å². The molecule has 0 aromatic rings. The highest BCUT2D eigenvalue weighted by Crippen LogP contribution is 2.17. The Bertz CT molecular complexity index is 457. The number of amides is 1. The third-order valence-corrected chi connectivity index (χ3v) is 6.54. The molecule has 0 saturated carbocycles. The molecule has 3 N–H and O–H groups in total. The van der Waals surface area contributed by atoms with Gasteiger partial charge in [0.25, 0.3) is 0 Å². The second kappa shape index (κ2) is 8.26. The van der Waals surface area contributed by atoms with Crippen LogP contribution in [0.4, 0.5) is 0 Å². The van der Waals surface area contributed by atoms with Crippen LogP contribution >= 0.6 is 0 Å². The Morgan fingerprint density at radius 3 is 2.27 bits per heavy atom. The number of hydrogen-bond donors (Lipinski definition) is 2. The molecule has 1 rings (SSSR count). The molecule has 1 fully saturated rings. The van der Waals surface area contributed by atoms with Crippen molar-refractivity contribution in [2.45, 2.75) is 59.0 Å². The van der Waals surface area contributed by atoms with Gasteiger partial charge in [-0.25, -0.2) is 12.7 Å². The third-order valence-electron chi connectivity index (χ3n) is 4.30. The summed E-state index contributed by atoms with van der Waals surface area (Å²) in [6, 6.07) is -0.471. The van der Waals surface area contributed by atoms with Crippen molar-refractivity contribution in [2.75, 3.05) is 18.8 Å². The molecule has 1 amide bonds. The molecule has 130 valence electrons. The number of sulfonamides is 1. The summed E-state index contributed by atoms with van der Waals surface area (Å²) in [4.78, 5) is 12.1. The minimum absolute atomic E-state index is 0.0214. The Labute approximate surface area is 134 Å². The molecule has 0 aliphatic carbocycles. The second-order valence-corrected chi connectivity index (χ2v) is 8.78. The molecule has 1 aliphatic heterocycles. The molecule has 1 heterocycles. The SMILES string of the molecule is CCC(C)C(N)C(=O)NC1CCN(S(=O)(=O)CC(C)C)CC1. The van der Waals surface area contributed by atoms with Gasteiger partial charge in [-0.3, -0.25) is 4.79 Å². The third kappa shape index (κ3) is 5.52. The van der Waals surface area contributed by atoms with E-state index in [1.165, 1.54) is 0 Å². The smallest absolute Gasteiger partial charge is 0.237 e. The highest BCUT2D eigenvalue weighted by atomic mass is 32.2. The van der Waals surface area contributed by atoms with Gasteiger partial charge in [-0.05, 0) is 24.7 Å². The van der Waals surface area contributed by atoms with Gasteiger partial charge < -0.3 is 11.1 Å². The van der Waals surface area contributed by atoms with Gasteiger partial charge >= 0.3 is 0 Å². The van der Waals surface area contributed by atoms with E-state index < -0.39 is 16.1 Å². The van der Waals surface area contributed by atoms with E-state index in [1.807, 2.05) is 27.7 Å². The second-order valence-electron chi connectivity index (χ2n) is 6.77. The molecule has 6 nitrogen and oxygen atoms in total. The molecule has 22 heavy (non-hydrogen) atoms. The molecule has 0 aromatic carbocycles. The fraction of sp³-hybridized carbons (Fsp3) is 0.933. The minimum Gasteiger partial charge on any atom is -0.352 e.